The molecule has 0 bridgehead atoms. The molecular weight excluding hydrogens is 144 g/mol. The van der Waals surface area contributed by atoms with Crippen molar-refractivity contribution in [2.75, 3.05) is 0 Å². The van der Waals surface area contributed by atoms with Gasteiger partial charge in [-0.2, -0.15) is 0 Å². The van der Waals surface area contributed by atoms with Crippen LogP contribution in [-0.4, -0.2) is 0 Å². The largest absolute Gasteiger partial charge is 0.0757 e. The highest BCUT2D eigenvalue weighted by Crippen LogP contribution is 2.38. The van der Waals surface area contributed by atoms with E-state index < -0.39 is 0 Å². The molecule has 0 heterocycles. The summed E-state index contributed by atoms with van der Waals surface area (Å²) < 4.78 is 0. The monoisotopic (exact) mass is 152 g/mol. The third kappa shape index (κ3) is 0.383. The van der Waals surface area contributed by atoms with Crippen molar-refractivity contribution in [3.05, 3.63) is 39.8 Å². The average molecular weight is 152 g/mol. The molecule has 0 radical (unpaired) electrons. The van der Waals surface area contributed by atoms with Gasteiger partial charge in [-0.3, -0.25) is 0 Å². The van der Waals surface area contributed by atoms with Gasteiger partial charge < -0.3 is 0 Å². The Bertz CT molecular complexity index is 544. The van der Waals surface area contributed by atoms with Crippen LogP contribution in [0.15, 0.2) is 18.2 Å². The standard InChI is InChI=1S/C12H8/c1-2-8-6-10-4-3-9-5-7(1)11(9)12(8)10/h1-3,5-6,10H,4H2. The lowest BCUT2D eigenvalue weighted by atomic mass is 9.71. The quantitative estimate of drug-likeness (QED) is 0.523. The summed E-state index contributed by atoms with van der Waals surface area (Å²) >= 11 is 0. The van der Waals surface area contributed by atoms with Crippen molar-refractivity contribution in [2.24, 2.45) is 0 Å². The van der Waals surface area contributed by atoms with Gasteiger partial charge in [0.2, 0.25) is 0 Å². The van der Waals surface area contributed by atoms with Gasteiger partial charge in [0.05, 0.1) is 0 Å². The van der Waals surface area contributed by atoms with Crippen molar-refractivity contribution in [1.82, 2.24) is 0 Å². The molecular formula is C12H8. The molecule has 0 aliphatic heterocycles. The van der Waals surface area contributed by atoms with Crippen LogP contribution in [-0.2, 0) is 0 Å². The summed E-state index contributed by atoms with van der Waals surface area (Å²) in [4.78, 5) is 0. The summed E-state index contributed by atoms with van der Waals surface area (Å²) in [5, 5.41) is 2.94. The molecule has 3 aliphatic rings. The Morgan fingerprint density at radius 2 is 2.08 bits per heavy atom. The molecule has 0 saturated heterocycles. The minimum atomic E-state index is 0.757. The van der Waals surface area contributed by atoms with Crippen LogP contribution in [0.3, 0.4) is 0 Å². The lowest BCUT2D eigenvalue weighted by Gasteiger charge is -2.33. The van der Waals surface area contributed by atoms with E-state index in [0.29, 0.717) is 0 Å². The Balaban J connectivity index is 2.35. The van der Waals surface area contributed by atoms with E-state index in [9.17, 15) is 0 Å². The van der Waals surface area contributed by atoms with Gasteiger partial charge in [0, 0.05) is 5.92 Å². The van der Waals surface area contributed by atoms with Gasteiger partial charge in [-0.25, -0.2) is 0 Å². The summed E-state index contributed by atoms with van der Waals surface area (Å²) in [6, 6.07) is 4.49. The first kappa shape index (κ1) is 5.36. The lowest BCUT2D eigenvalue weighted by Crippen LogP contribution is -2.35. The van der Waals surface area contributed by atoms with Crippen molar-refractivity contribution >= 4 is 17.7 Å². The summed E-state index contributed by atoms with van der Waals surface area (Å²) in [5.74, 6) is 0.757. The number of hydrogen-bond acceptors (Lipinski definition) is 0. The molecule has 12 heavy (non-hydrogen) atoms. The third-order valence-corrected chi connectivity index (χ3v) is 3.25. The van der Waals surface area contributed by atoms with E-state index in [4.69, 9.17) is 0 Å². The predicted octanol–water partition coefficient (Wildman–Crippen LogP) is 1.15. The van der Waals surface area contributed by atoms with Crippen LogP contribution in [0, 0.1) is 0 Å². The van der Waals surface area contributed by atoms with Gasteiger partial charge in [-0.05, 0) is 39.6 Å². The fraction of sp³-hybridized carbons (Fsp3) is 0.167. The van der Waals surface area contributed by atoms with Gasteiger partial charge in [0.15, 0.2) is 0 Å². The smallest absolute Gasteiger partial charge is 0.00741 e. The number of allylic oxidation sites excluding steroid dienone is 2. The molecule has 0 heteroatoms. The molecule has 0 aromatic heterocycles. The highest BCUT2D eigenvalue weighted by molar-refractivity contribution is 6.00. The van der Waals surface area contributed by atoms with Crippen LogP contribution >= 0.6 is 0 Å². The van der Waals surface area contributed by atoms with E-state index in [-0.39, 0.29) is 0 Å². The van der Waals surface area contributed by atoms with E-state index in [2.05, 4.69) is 30.4 Å². The molecule has 0 nitrogen and oxygen atoms in total. The van der Waals surface area contributed by atoms with E-state index in [1.165, 1.54) is 22.4 Å². The second kappa shape index (κ2) is 1.42. The van der Waals surface area contributed by atoms with E-state index >= 15 is 0 Å². The molecule has 1 aromatic rings. The zero-order valence-corrected chi connectivity index (χ0v) is 6.67. The Morgan fingerprint density at radius 3 is 3.00 bits per heavy atom. The molecule has 1 aromatic carbocycles. The Labute approximate surface area is 70.5 Å². The minimum absolute atomic E-state index is 0.757. The van der Waals surface area contributed by atoms with Gasteiger partial charge in [0.25, 0.3) is 0 Å². The van der Waals surface area contributed by atoms with Crippen molar-refractivity contribution in [3.8, 4) is 0 Å². The van der Waals surface area contributed by atoms with Crippen molar-refractivity contribution in [2.45, 2.75) is 12.3 Å². The minimum Gasteiger partial charge on any atom is -0.0757 e. The third-order valence-electron chi connectivity index (χ3n) is 3.25. The van der Waals surface area contributed by atoms with Gasteiger partial charge >= 0.3 is 0 Å². The summed E-state index contributed by atoms with van der Waals surface area (Å²) in [6.45, 7) is 0. The maximum absolute atomic E-state index is 2.39. The van der Waals surface area contributed by atoms with Crippen LogP contribution in [0.5, 0.6) is 0 Å². The molecule has 1 atom stereocenters. The second-order valence-electron chi connectivity index (χ2n) is 3.85. The highest BCUT2D eigenvalue weighted by Gasteiger charge is 2.29. The van der Waals surface area contributed by atoms with Crippen LogP contribution < -0.4 is 10.4 Å². The number of rotatable bonds is 0. The van der Waals surface area contributed by atoms with Gasteiger partial charge in [0.1, 0.15) is 0 Å². The Morgan fingerprint density at radius 1 is 1.17 bits per heavy atom. The highest BCUT2D eigenvalue weighted by atomic mass is 14.3. The maximum atomic E-state index is 2.39. The maximum Gasteiger partial charge on any atom is 0.00741 e. The zero-order chi connectivity index (χ0) is 7.71. The predicted molar refractivity (Wildman–Crippen MR) is 50.0 cm³/mol. The van der Waals surface area contributed by atoms with Crippen LogP contribution in [0.25, 0.3) is 17.7 Å². The lowest BCUT2D eigenvalue weighted by molar-refractivity contribution is 0.834. The molecule has 1 unspecified atom stereocenters. The van der Waals surface area contributed by atoms with Crippen LogP contribution in [0.1, 0.15) is 23.5 Å². The fourth-order valence-corrected chi connectivity index (χ4v) is 2.61. The van der Waals surface area contributed by atoms with Crippen molar-refractivity contribution in [1.29, 1.82) is 0 Å². The Hall–Kier alpha value is -1.30. The summed E-state index contributed by atoms with van der Waals surface area (Å²) in [6.07, 6.45) is 8.29. The SMILES string of the molecule is C1=C2C=c3ccc4c(c32)C(C=4)C1. The summed E-state index contributed by atoms with van der Waals surface area (Å²) in [7, 11) is 0. The van der Waals surface area contributed by atoms with Crippen molar-refractivity contribution < 1.29 is 0 Å². The first-order valence-corrected chi connectivity index (χ1v) is 4.50. The molecule has 0 fully saturated rings. The number of benzene rings is 1. The first-order valence-electron chi connectivity index (χ1n) is 4.50. The molecule has 0 amide bonds. The van der Waals surface area contributed by atoms with E-state index in [1.54, 1.807) is 11.1 Å². The van der Waals surface area contributed by atoms with Crippen LogP contribution in [0.4, 0.5) is 0 Å². The molecule has 56 valence electrons. The van der Waals surface area contributed by atoms with E-state index in [1.807, 2.05) is 0 Å². The molecule has 0 N–H and O–H groups in total. The van der Waals surface area contributed by atoms with Crippen LogP contribution in [0.2, 0.25) is 0 Å². The normalized spacial score (nSPS) is 25.3. The number of hydrogen-bond donors (Lipinski definition) is 0. The van der Waals surface area contributed by atoms with Gasteiger partial charge in [-0.15, -0.1) is 0 Å². The molecule has 4 rings (SSSR count). The topological polar surface area (TPSA) is 0 Å². The Kier molecular flexibility index (Phi) is 0.637. The zero-order valence-electron chi connectivity index (χ0n) is 6.67. The second-order valence-corrected chi connectivity index (χ2v) is 3.85. The van der Waals surface area contributed by atoms with E-state index in [0.717, 1.165) is 5.92 Å². The fourth-order valence-electron chi connectivity index (χ4n) is 2.61. The van der Waals surface area contributed by atoms with Gasteiger partial charge in [-0.1, -0.05) is 24.3 Å². The van der Waals surface area contributed by atoms with Crippen molar-refractivity contribution in [3.63, 3.8) is 0 Å². The average Bonchev–Trinajstić information content (AvgIpc) is 2.07. The first-order chi connectivity index (χ1) is 5.93. The molecule has 3 aliphatic carbocycles. The molecule has 0 saturated carbocycles. The molecule has 0 spiro atoms. The summed E-state index contributed by atoms with van der Waals surface area (Å²) in [5.41, 5.74) is 4.69.